The number of aryl methyl sites for hydroxylation is 2. The zero-order chi connectivity index (χ0) is 28.6. The van der Waals surface area contributed by atoms with Crippen LogP contribution >= 0.6 is 23.1 Å². The lowest BCUT2D eigenvalue weighted by atomic mass is 9.70. The molecule has 0 bridgehead atoms. The third-order valence-corrected chi connectivity index (χ3v) is 10.7. The molecule has 0 saturated carbocycles. The van der Waals surface area contributed by atoms with E-state index in [2.05, 4.69) is 26.1 Å². The Kier molecular flexibility index (Phi) is 8.11. The number of fused-ring (bicyclic) bond motifs is 3. The summed E-state index contributed by atoms with van der Waals surface area (Å²) in [4.78, 5) is 34.3. The molecule has 0 aliphatic heterocycles. The monoisotopic (exact) mass is 575 g/mol. The number of thiophene rings is 1. The lowest BCUT2D eigenvalue weighted by Crippen LogP contribution is -2.29. The number of rotatable bonds is 8. The molecule has 1 unspecified atom stereocenters. The molecule has 210 valence electrons. The number of aromatic nitrogens is 2. The first-order chi connectivity index (χ1) is 19.1. The molecule has 6 nitrogen and oxygen atoms in total. The molecule has 40 heavy (non-hydrogen) atoms. The van der Waals surface area contributed by atoms with Crippen LogP contribution in [0.2, 0.25) is 0 Å². The Bertz CT molecular complexity index is 1640. The van der Waals surface area contributed by atoms with E-state index in [0.717, 1.165) is 52.9 Å². The van der Waals surface area contributed by atoms with Crippen molar-refractivity contribution in [2.45, 2.75) is 65.5 Å². The minimum absolute atomic E-state index is 0.0994. The number of carbonyl (C=O) groups is 1. The fourth-order valence-corrected chi connectivity index (χ4v) is 7.63. The second-order valence-electron chi connectivity index (χ2n) is 11.3. The Morgan fingerprint density at radius 1 is 1.20 bits per heavy atom. The summed E-state index contributed by atoms with van der Waals surface area (Å²) < 4.78 is 7.27. The predicted molar refractivity (Wildman–Crippen MR) is 167 cm³/mol. The first-order valence-electron chi connectivity index (χ1n) is 13.8. The number of anilines is 1. The summed E-state index contributed by atoms with van der Waals surface area (Å²) in [5, 5.41) is 4.22. The predicted octanol–water partition coefficient (Wildman–Crippen LogP) is 7.34. The molecule has 1 atom stereocenters. The number of nitrogens with one attached hydrogen (secondary N) is 1. The number of thioether (sulfide) groups is 1. The van der Waals surface area contributed by atoms with Crippen molar-refractivity contribution in [2.75, 3.05) is 18.2 Å². The summed E-state index contributed by atoms with van der Waals surface area (Å²) in [6.45, 7) is 11.0. The van der Waals surface area contributed by atoms with Gasteiger partial charge in [-0.3, -0.25) is 14.2 Å². The second kappa shape index (κ2) is 11.4. The number of ether oxygens (including phenoxy) is 1. The molecule has 2 aromatic carbocycles. The molecule has 4 aromatic rings. The third-order valence-electron chi connectivity index (χ3n) is 8.61. The highest BCUT2D eigenvalue weighted by atomic mass is 32.2. The number of amides is 1. The van der Waals surface area contributed by atoms with Crippen LogP contribution in [0.25, 0.3) is 15.9 Å². The fraction of sp³-hybridized carbons (Fsp3) is 0.406. The van der Waals surface area contributed by atoms with Crippen LogP contribution in [0.3, 0.4) is 0 Å². The summed E-state index contributed by atoms with van der Waals surface area (Å²) in [6, 6.07) is 13.3. The van der Waals surface area contributed by atoms with Gasteiger partial charge in [0, 0.05) is 10.6 Å². The van der Waals surface area contributed by atoms with Crippen molar-refractivity contribution in [3.63, 3.8) is 0 Å². The van der Waals surface area contributed by atoms with E-state index in [4.69, 9.17) is 9.72 Å². The van der Waals surface area contributed by atoms with E-state index in [-0.39, 0.29) is 22.6 Å². The lowest BCUT2D eigenvalue weighted by Gasteiger charge is -2.36. The van der Waals surface area contributed by atoms with Crippen LogP contribution in [0, 0.1) is 25.2 Å². The normalized spacial score (nSPS) is 15.2. The molecule has 0 fully saturated rings. The maximum atomic E-state index is 14.3. The fourth-order valence-electron chi connectivity index (χ4n) is 5.49. The van der Waals surface area contributed by atoms with Crippen LogP contribution in [0.4, 0.5) is 5.69 Å². The molecule has 2 aromatic heterocycles. The average Bonchev–Trinajstić information content (AvgIpc) is 3.32. The summed E-state index contributed by atoms with van der Waals surface area (Å²) in [6.07, 6.45) is 4.06. The van der Waals surface area contributed by atoms with E-state index in [9.17, 15) is 9.59 Å². The minimum Gasteiger partial charge on any atom is -0.495 e. The van der Waals surface area contributed by atoms with Crippen LogP contribution in [0.15, 0.2) is 52.4 Å². The first kappa shape index (κ1) is 28.4. The standard InChI is InChI=1S/C32H37N3O3S2/c1-7-32(4,5)21-15-16-22-26(17-21)40-29-28(22)30(37)35(24-13-8-9-14-25(24)38-6)31(34-29)39-18-27(36)33-23-12-10-11-19(2)20(23)3/h8-14,21H,7,15-18H2,1-6H3,(H,33,36). The summed E-state index contributed by atoms with van der Waals surface area (Å²) in [5.41, 5.74) is 4.89. The van der Waals surface area contributed by atoms with Gasteiger partial charge in [0.2, 0.25) is 5.91 Å². The number of hydrogen-bond acceptors (Lipinski definition) is 6. The molecular weight excluding hydrogens is 539 g/mol. The second-order valence-corrected chi connectivity index (χ2v) is 13.3. The van der Waals surface area contributed by atoms with Gasteiger partial charge in [0.15, 0.2) is 5.16 Å². The lowest BCUT2D eigenvalue weighted by molar-refractivity contribution is -0.113. The smallest absolute Gasteiger partial charge is 0.267 e. The van der Waals surface area contributed by atoms with Gasteiger partial charge in [0.25, 0.3) is 5.56 Å². The largest absolute Gasteiger partial charge is 0.495 e. The van der Waals surface area contributed by atoms with Crippen LogP contribution < -0.4 is 15.6 Å². The van der Waals surface area contributed by atoms with Crippen molar-refractivity contribution >= 4 is 44.9 Å². The Labute approximate surface area is 244 Å². The number of benzene rings is 2. The van der Waals surface area contributed by atoms with E-state index in [0.29, 0.717) is 27.9 Å². The van der Waals surface area contributed by atoms with Crippen LogP contribution in [-0.4, -0.2) is 28.3 Å². The third kappa shape index (κ3) is 5.31. The van der Waals surface area contributed by atoms with Gasteiger partial charge < -0.3 is 10.1 Å². The SMILES string of the molecule is CCC(C)(C)C1CCc2c(sc3nc(SCC(=O)Nc4cccc(C)c4C)n(-c4ccccc4OC)c(=O)c23)C1. The highest BCUT2D eigenvalue weighted by Gasteiger charge is 2.34. The van der Waals surface area contributed by atoms with Crippen molar-refractivity contribution in [1.29, 1.82) is 0 Å². The van der Waals surface area contributed by atoms with E-state index in [1.807, 2.05) is 56.3 Å². The molecule has 1 N–H and O–H groups in total. The zero-order valence-electron chi connectivity index (χ0n) is 24.1. The van der Waals surface area contributed by atoms with Gasteiger partial charge in [0.05, 0.1) is 23.9 Å². The molecular formula is C32H37N3O3S2. The Hall–Kier alpha value is -3.10. The first-order valence-corrected chi connectivity index (χ1v) is 15.6. The van der Waals surface area contributed by atoms with Gasteiger partial charge in [-0.1, -0.05) is 63.2 Å². The van der Waals surface area contributed by atoms with Crippen LogP contribution in [-0.2, 0) is 17.6 Å². The van der Waals surface area contributed by atoms with Crippen LogP contribution in [0.1, 0.15) is 55.2 Å². The highest BCUT2D eigenvalue weighted by Crippen LogP contribution is 2.44. The number of carbonyl (C=O) groups excluding carboxylic acids is 1. The van der Waals surface area contributed by atoms with E-state index in [1.165, 1.54) is 16.6 Å². The molecule has 1 aliphatic carbocycles. The van der Waals surface area contributed by atoms with Crippen molar-refractivity contribution in [2.24, 2.45) is 11.3 Å². The topological polar surface area (TPSA) is 73.2 Å². The number of methoxy groups -OCH3 is 1. The maximum Gasteiger partial charge on any atom is 0.267 e. The Balaban J connectivity index is 1.55. The van der Waals surface area contributed by atoms with Gasteiger partial charge in [-0.2, -0.15) is 0 Å². The van der Waals surface area contributed by atoms with Crippen molar-refractivity contribution in [3.05, 3.63) is 74.4 Å². The number of nitrogens with zero attached hydrogens (tertiary/aromatic N) is 2. The van der Waals surface area contributed by atoms with Crippen molar-refractivity contribution in [1.82, 2.24) is 9.55 Å². The van der Waals surface area contributed by atoms with Gasteiger partial charge >= 0.3 is 0 Å². The molecule has 0 radical (unpaired) electrons. The Morgan fingerprint density at radius 3 is 2.73 bits per heavy atom. The van der Waals surface area contributed by atoms with Crippen molar-refractivity contribution < 1.29 is 9.53 Å². The summed E-state index contributed by atoms with van der Waals surface area (Å²) in [5.74, 6) is 1.14. The van der Waals surface area contributed by atoms with Gasteiger partial charge in [-0.05, 0) is 79.3 Å². The molecule has 8 heteroatoms. The molecule has 2 heterocycles. The summed E-state index contributed by atoms with van der Waals surface area (Å²) in [7, 11) is 1.60. The zero-order valence-corrected chi connectivity index (χ0v) is 25.7. The quantitative estimate of drug-likeness (QED) is 0.176. The number of hydrogen-bond donors (Lipinski definition) is 1. The molecule has 5 rings (SSSR count). The minimum atomic E-state index is -0.144. The van der Waals surface area contributed by atoms with E-state index in [1.54, 1.807) is 23.0 Å². The van der Waals surface area contributed by atoms with Crippen molar-refractivity contribution in [3.8, 4) is 11.4 Å². The molecule has 0 saturated heterocycles. The number of para-hydroxylation sites is 2. The highest BCUT2D eigenvalue weighted by molar-refractivity contribution is 7.99. The maximum absolute atomic E-state index is 14.3. The van der Waals surface area contributed by atoms with Crippen LogP contribution in [0.5, 0.6) is 5.75 Å². The Morgan fingerprint density at radius 2 is 1.98 bits per heavy atom. The summed E-state index contributed by atoms with van der Waals surface area (Å²) >= 11 is 2.92. The molecule has 1 aliphatic rings. The van der Waals surface area contributed by atoms with Gasteiger partial charge in [-0.15, -0.1) is 11.3 Å². The van der Waals surface area contributed by atoms with E-state index < -0.39 is 0 Å². The van der Waals surface area contributed by atoms with E-state index >= 15 is 0 Å². The average molecular weight is 576 g/mol. The van der Waals surface area contributed by atoms with Gasteiger partial charge in [-0.25, -0.2) is 4.98 Å². The van der Waals surface area contributed by atoms with Gasteiger partial charge in [0.1, 0.15) is 10.6 Å². The molecule has 0 spiro atoms. The molecule has 1 amide bonds.